The first-order valence-electron chi connectivity index (χ1n) is 8.86. The molecular formula is C22H15ClN2O5. The largest absolute Gasteiger partial charge is 0.462 e. The first-order chi connectivity index (χ1) is 14.4. The molecule has 0 aliphatic rings. The Morgan fingerprint density at radius 2 is 1.97 bits per heavy atom. The van der Waals surface area contributed by atoms with Crippen LogP contribution in [0.15, 0.2) is 59.0 Å². The molecule has 0 bridgehead atoms. The molecule has 0 saturated heterocycles. The van der Waals surface area contributed by atoms with E-state index in [0.717, 1.165) is 0 Å². The summed E-state index contributed by atoms with van der Waals surface area (Å²) in [5, 5.41) is 20.5. The standard InChI is InChI=1S/C22H15ClN2O5/c1-2-29-22(26)19-12-15(5-9-20(19)23)21-10-8-18(30-21)11-16(13-24)14-3-6-17(7-4-14)25(27)28/h3-12H,2H2,1H3/b16-11+. The van der Waals surface area contributed by atoms with Crippen molar-refractivity contribution in [1.82, 2.24) is 0 Å². The summed E-state index contributed by atoms with van der Waals surface area (Å²) < 4.78 is 10.8. The normalized spacial score (nSPS) is 11.0. The molecule has 8 heteroatoms. The molecule has 0 unspecified atom stereocenters. The maximum Gasteiger partial charge on any atom is 0.339 e. The Bertz CT molecular complexity index is 1170. The predicted octanol–water partition coefficient (Wildman–Crippen LogP) is 5.75. The van der Waals surface area contributed by atoms with Gasteiger partial charge in [-0.05, 0) is 61.0 Å². The summed E-state index contributed by atoms with van der Waals surface area (Å²) in [5.74, 6) is 0.359. The van der Waals surface area contributed by atoms with Gasteiger partial charge >= 0.3 is 5.97 Å². The Balaban J connectivity index is 1.90. The van der Waals surface area contributed by atoms with Crippen molar-refractivity contribution in [2.45, 2.75) is 6.92 Å². The summed E-state index contributed by atoms with van der Waals surface area (Å²) in [6, 6.07) is 16.0. The number of ether oxygens (including phenoxy) is 1. The van der Waals surface area contributed by atoms with Gasteiger partial charge in [0.15, 0.2) is 0 Å². The first-order valence-corrected chi connectivity index (χ1v) is 9.24. The van der Waals surface area contributed by atoms with Crippen LogP contribution in [0.25, 0.3) is 23.0 Å². The Morgan fingerprint density at radius 3 is 2.60 bits per heavy atom. The number of halogens is 1. The molecule has 30 heavy (non-hydrogen) atoms. The SMILES string of the molecule is CCOC(=O)c1cc(-c2ccc(/C=C(\C#N)c3ccc([N+](=O)[O-])cc3)o2)ccc1Cl. The van der Waals surface area contributed by atoms with Crippen molar-refractivity contribution in [3.05, 3.63) is 86.6 Å². The number of benzene rings is 2. The molecule has 0 saturated carbocycles. The highest BCUT2D eigenvalue weighted by molar-refractivity contribution is 6.33. The summed E-state index contributed by atoms with van der Waals surface area (Å²) in [6.07, 6.45) is 1.53. The average molecular weight is 423 g/mol. The van der Waals surface area contributed by atoms with Gasteiger partial charge in [0, 0.05) is 17.7 Å². The van der Waals surface area contributed by atoms with E-state index in [2.05, 4.69) is 6.07 Å². The number of non-ortho nitro benzene ring substituents is 1. The van der Waals surface area contributed by atoms with Gasteiger partial charge in [-0.3, -0.25) is 10.1 Å². The van der Waals surface area contributed by atoms with E-state index < -0.39 is 10.9 Å². The fourth-order valence-electron chi connectivity index (χ4n) is 2.71. The highest BCUT2D eigenvalue weighted by Crippen LogP contribution is 2.29. The second kappa shape index (κ2) is 9.07. The number of furan rings is 1. The molecule has 1 heterocycles. The molecule has 0 spiro atoms. The molecule has 0 aliphatic carbocycles. The first kappa shape index (κ1) is 20.8. The van der Waals surface area contributed by atoms with E-state index in [1.54, 1.807) is 37.3 Å². The molecule has 0 amide bonds. The van der Waals surface area contributed by atoms with E-state index in [-0.39, 0.29) is 28.5 Å². The molecule has 0 N–H and O–H groups in total. The van der Waals surface area contributed by atoms with Gasteiger partial charge in [-0.25, -0.2) is 4.79 Å². The highest BCUT2D eigenvalue weighted by atomic mass is 35.5. The van der Waals surface area contributed by atoms with Crippen LogP contribution in [0.3, 0.4) is 0 Å². The van der Waals surface area contributed by atoms with Crippen LogP contribution in [-0.4, -0.2) is 17.5 Å². The number of nitro benzene ring substituents is 1. The number of nitrogens with zero attached hydrogens (tertiary/aromatic N) is 2. The summed E-state index contributed by atoms with van der Waals surface area (Å²) in [6.45, 7) is 1.94. The lowest BCUT2D eigenvalue weighted by molar-refractivity contribution is -0.384. The smallest absolute Gasteiger partial charge is 0.339 e. The van der Waals surface area contributed by atoms with Crippen molar-refractivity contribution in [1.29, 1.82) is 5.26 Å². The molecule has 0 fully saturated rings. The van der Waals surface area contributed by atoms with Crippen molar-refractivity contribution < 1.29 is 18.9 Å². The van der Waals surface area contributed by atoms with Crippen LogP contribution in [0.5, 0.6) is 0 Å². The van der Waals surface area contributed by atoms with Gasteiger partial charge in [0.1, 0.15) is 11.5 Å². The molecular weight excluding hydrogens is 408 g/mol. The fourth-order valence-corrected chi connectivity index (χ4v) is 2.91. The number of rotatable bonds is 6. The number of esters is 1. The third kappa shape index (κ3) is 4.57. The fraction of sp³-hybridized carbons (Fsp3) is 0.0909. The number of allylic oxidation sites excluding steroid dienone is 1. The van der Waals surface area contributed by atoms with Gasteiger partial charge < -0.3 is 9.15 Å². The minimum atomic E-state index is -0.527. The zero-order chi connectivity index (χ0) is 21.7. The number of nitro groups is 1. The van der Waals surface area contributed by atoms with Gasteiger partial charge in [-0.2, -0.15) is 5.26 Å². The van der Waals surface area contributed by atoms with E-state index in [4.69, 9.17) is 20.8 Å². The van der Waals surface area contributed by atoms with E-state index in [1.807, 2.05) is 0 Å². The van der Waals surface area contributed by atoms with E-state index in [9.17, 15) is 20.2 Å². The third-order valence-electron chi connectivity index (χ3n) is 4.17. The summed E-state index contributed by atoms with van der Waals surface area (Å²) in [4.78, 5) is 22.3. The minimum Gasteiger partial charge on any atom is -0.462 e. The van der Waals surface area contributed by atoms with Crippen molar-refractivity contribution >= 4 is 34.9 Å². The quantitative estimate of drug-likeness (QED) is 0.217. The topological polar surface area (TPSA) is 106 Å². The van der Waals surface area contributed by atoms with E-state index >= 15 is 0 Å². The van der Waals surface area contributed by atoms with Crippen LogP contribution < -0.4 is 0 Å². The predicted molar refractivity (Wildman–Crippen MR) is 112 cm³/mol. The van der Waals surface area contributed by atoms with Gasteiger partial charge in [0.2, 0.25) is 0 Å². The zero-order valence-electron chi connectivity index (χ0n) is 15.8. The summed E-state index contributed by atoms with van der Waals surface area (Å²) >= 11 is 6.09. The summed E-state index contributed by atoms with van der Waals surface area (Å²) in [7, 11) is 0. The number of carbonyl (C=O) groups is 1. The molecule has 0 aliphatic heterocycles. The number of nitriles is 1. The molecule has 3 aromatic rings. The van der Waals surface area contributed by atoms with Crippen molar-refractivity contribution in [2.24, 2.45) is 0 Å². The lowest BCUT2D eigenvalue weighted by Crippen LogP contribution is -2.05. The van der Waals surface area contributed by atoms with Crippen LogP contribution in [0.1, 0.15) is 28.6 Å². The molecule has 0 radical (unpaired) electrons. The van der Waals surface area contributed by atoms with Crippen molar-refractivity contribution in [3.63, 3.8) is 0 Å². The number of hydrogen-bond acceptors (Lipinski definition) is 6. The van der Waals surface area contributed by atoms with Gasteiger partial charge in [0.25, 0.3) is 5.69 Å². The second-order valence-corrected chi connectivity index (χ2v) is 6.50. The van der Waals surface area contributed by atoms with Crippen molar-refractivity contribution in [2.75, 3.05) is 6.61 Å². The van der Waals surface area contributed by atoms with Crippen LogP contribution >= 0.6 is 11.6 Å². The Kier molecular flexibility index (Phi) is 6.30. The Labute approximate surface area is 176 Å². The molecule has 0 atom stereocenters. The van der Waals surface area contributed by atoms with E-state index in [1.165, 1.54) is 30.3 Å². The molecule has 150 valence electrons. The van der Waals surface area contributed by atoms with Crippen LogP contribution in [-0.2, 0) is 4.74 Å². The highest BCUT2D eigenvalue weighted by Gasteiger charge is 2.15. The Hall–Kier alpha value is -3.89. The summed E-state index contributed by atoms with van der Waals surface area (Å²) in [5.41, 5.74) is 1.60. The molecule has 7 nitrogen and oxygen atoms in total. The van der Waals surface area contributed by atoms with Gasteiger partial charge in [-0.1, -0.05) is 11.6 Å². The zero-order valence-corrected chi connectivity index (χ0v) is 16.6. The molecule has 3 rings (SSSR count). The molecule has 2 aromatic carbocycles. The Morgan fingerprint density at radius 1 is 1.23 bits per heavy atom. The maximum absolute atomic E-state index is 12.0. The lowest BCUT2D eigenvalue weighted by Gasteiger charge is -2.06. The van der Waals surface area contributed by atoms with Gasteiger partial charge in [0.05, 0.1) is 33.8 Å². The average Bonchev–Trinajstić information content (AvgIpc) is 3.21. The van der Waals surface area contributed by atoms with Gasteiger partial charge in [-0.15, -0.1) is 0 Å². The van der Waals surface area contributed by atoms with Crippen LogP contribution in [0, 0.1) is 21.4 Å². The monoisotopic (exact) mass is 422 g/mol. The number of hydrogen-bond donors (Lipinski definition) is 0. The van der Waals surface area contributed by atoms with Crippen LogP contribution in [0.2, 0.25) is 5.02 Å². The van der Waals surface area contributed by atoms with Crippen molar-refractivity contribution in [3.8, 4) is 17.4 Å². The third-order valence-corrected chi connectivity index (χ3v) is 4.50. The lowest BCUT2D eigenvalue weighted by atomic mass is 10.1. The van der Waals surface area contributed by atoms with Crippen LogP contribution in [0.4, 0.5) is 5.69 Å². The second-order valence-electron chi connectivity index (χ2n) is 6.09. The number of carbonyl (C=O) groups excluding carboxylic acids is 1. The maximum atomic E-state index is 12.0. The minimum absolute atomic E-state index is 0.0588. The molecule has 1 aromatic heterocycles. The van der Waals surface area contributed by atoms with E-state index in [0.29, 0.717) is 22.6 Å².